The molecule has 0 saturated carbocycles. The molecule has 6 heteroatoms. The molecular weight excluding hydrogens is 923 g/mol. The molecule has 2 atom stereocenters. The van der Waals surface area contributed by atoms with Crippen molar-refractivity contribution in [1.82, 2.24) is 5.32 Å². The highest BCUT2D eigenvalue weighted by molar-refractivity contribution is 5.76. The van der Waals surface area contributed by atoms with Crippen molar-refractivity contribution < 1.29 is 24.5 Å². The van der Waals surface area contributed by atoms with Crippen LogP contribution in [0.5, 0.6) is 0 Å². The van der Waals surface area contributed by atoms with Crippen LogP contribution in [0.3, 0.4) is 0 Å². The Balaban J connectivity index is 3.35. The number of carbonyl (C=O) groups excluding carboxylic acids is 2. The summed E-state index contributed by atoms with van der Waals surface area (Å²) in [4.78, 5) is 24.6. The Morgan fingerprint density at radius 3 is 0.947 bits per heavy atom. The van der Waals surface area contributed by atoms with Crippen molar-refractivity contribution in [2.45, 2.75) is 405 Å². The van der Waals surface area contributed by atoms with Crippen molar-refractivity contribution in [2.75, 3.05) is 13.2 Å². The number of ether oxygens (including phenoxy) is 1. The summed E-state index contributed by atoms with van der Waals surface area (Å²) in [6.07, 6.45) is 79.6. The van der Waals surface area contributed by atoms with E-state index in [1.54, 1.807) is 0 Å². The Bertz CT molecular complexity index is 1130. The average molecular weight is 1060 g/mol. The highest BCUT2D eigenvalue weighted by Gasteiger charge is 2.20. The fourth-order valence-corrected chi connectivity index (χ4v) is 11.1. The quantitative estimate of drug-likeness (QED) is 0.0320. The summed E-state index contributed by atoms with van der Waals surface area (Å²) in [5, 5.41) is 23.3. The number of hydrogen-bond acceptors (Lipinski definition) is 5. The third-order valence-corrected chi connectivity index (χ3v) is 16.3. The Morgan fingerprint density at radius 2 is 0.627 bits per heavy atom. The minimum Gasteiger partial charge on any atom is -0.466 e. The second kappa shape index (κ2) is 65.1. The van der Waals surface area contributed by atoms with Crippen molar-refractivity contribution >= 4 is 11.9 Å². The van der Waals surface area contributed by atoms with E-state index in [4.69, 9.17) is 4.74 Å². The number of aliphatic hydroxyl groups is 2. The molecule has 75 heavy (non-hydrogen) atoms. The summed E-state index contributed by atoms with van der Waals surface area (Å²) in [7, 11) is 0. The number of esters is 1. The molecule has 0 aromatic rings. The second-order valence-corrected chi connectivity index (χ2v) is 23.9. The molecule has 0 aliphatic rings. The summed E-state index contributed by atoms with van der Waals surface area (Å²) in [6.45, 7) is 4.99. The summed E-state index contributed by atoms with van der Waals surface area (Å²) < 4.78 is 5.51. The summed E-state index contributed by atoms with van der Waals surface area (Å²) >= 11 is 0. The van der Waals surface area contributed by atoms with Gasteiger partial charge in [-0.1, -0.05) is 341 Å². The molecule has 0 aromatic heterocycles. The number of allylic oxidation sites excluding steroid dienone is 2. The largest absolute Gasteiger partial charge is 0.466 e. The lowest BCUT2D eigenvalue weighted by atomic mass is 10.0. The van der Waals surface area contributed by atoms with Crippen LogP contribution in [-0.4, -0.2) is 47.4 Å². The first-order chi connectivity index (χ1) is 37.0. The SMILES string of the molecule is CCCCCCCC/C=C\CCCCCCCCCCCC(=O)OCCCCCCCCCCCCCCCCCCCCCCCCCC(=O)NC(CO)C(O)CCCCCCCCCCCCCCCCCC. The van der Waals surface area contributed by atoms with Crippen molar-refractivity contribution in [2.24, 2.45) is 0 Å². The highest BCUT2D eigenvalue weighted by atomic mass is 16.5. The first kappa shape index (κ1) is 73.6. The molecule has 2 unspecified atom stereocenters. The van der Waals surface area contributed by atoms with Crippen LogP contribution < -0.4 is 5.32 Å². The van der Waals surface area contributed by atoms with E-state index in [9.17, 15) is 19.8 Å². The maximum atomic E-state index is 12.5. The molecule has 0 saturated heterocycles. The zero-order valence-electron chi connectivity index (χ0n) is 51.1. The number of unbranched alkanes of at least 4 members (excludes halogenated alkanes) is 52. The molecule has 0 aliphatic carbocycles. The first-order valence-electron chi connectivity index (χ1n) is 34.4. The molecule has 0 rings (SSSR count). The molecule has 0 aromatic carbocycles. The Morgan fingerprint density at radius 1 is 0.360 bits per heavy atom. The molecular formula is C69H135NO5. The van der Waals surface area contributed by atoms with Crippen molar-refractivity contribution in [3.05, 3.63) is 12.2 Å². The van der Waals surface area contributed by atoms with E-state index in [1.807, 2.05) is 0 Å². The van der Waals surface area contributed by atoms with Gasteiger partial charge in [0.2, 0.25) is 5.91 Å². The predicted molar refractivity (Wildman–Crippen MR) is 329 cm³/mol. The third kappa shape index (κ3) is 61.7. The molecule has 0 bridgehead atoms. The third-order valence-electron chi connectivity index (χ3n) is 16.3. The van der Waals surface area contributed by atoms with Gasteiger partial charge in [0, 0.05) is 12.8 Å². The fourth-order valence-electron chi connectivity index (χ4n) is 11.1. The van der Waals surface area contributed by atoms with Crippen LogP contribution in [0.15, 0.2) is 12.2 Å². The lowest BCUT2D eigenvalue weighted by molar-refractivity contribution is -0.143. The van der Waals surface area contributed by atoms with E-state index in [0.29, 0.717) is 25.9 Å². The van der Waals surface area contributed by atoms with Gasteiger partial charge in [0.05, 0.1) is 25.4 Å². The number of aliphatic hydroxyl groups excluding tert-OH is 2. The number of rotatable bonds is 65. The molecule has 0 spiro atoms. The van der Waals surface area contributed by atoms with E-state index in [1.165, 1.54) is 321 Å². The highest BCUT2D eigenvalue weighted by Crippen LogP contribution is 2.19. The van der Waals surface area contributed by atoms with Gasteiger partial charge in [0.1, 0.15) is 0 Å². The molecule has 0 radical (unpaired) electrons. The molecule has 0 aliphatic heterocycles. The number of hydrogen-bond donors (Lipinski definition) is 3. The first-order valence-corrected chi connectivity index (χ1v) is 34.4. The maximum absolute atomic E-state index is 12.5. The van der Waals surface area contributed by atoms with Crippen LogP contribution >= 0.6 is 0 Å². The van der Waals surface area contributed by atoms with E-state index in [0.717, 1.165) is 38.5 Å². The van der Waals surface area contributed by atoms with Crippen LogP contribution in [0.4, 0.5) is 0 Å². The van der Waals surface area contributed by atoms with E-state index >= 15 is 0 Å². The van der Waals surface area contributed by atoms with Gasteiger partial charge in [-0.3, -0.25) is 9.59 Å². The van der Waals surface area contributed by atoms with Gasteiger partial charge in [-0.15, -0.1) is 0 Å². The maximum Gasteiger partial charge on any atom is 0.305 e. The van der Waals surface area contributed by atoms with E-state index in [-0.39, 0.29) is 18.5 Å². The summed E-state index contributed by atoms with van der Waals surface area (Å²) in [6, 6.07) is -0.540. The van der Waals surface area contributed by atoms with Crippen LogP contribution in [0.2, 0.25) is 0 Å². The van der Waals surface area contributed by atoms with Crippen molar-refractivity contribution in [3.8, 4) is 0 Å². The van der Waals surface area contributed by atoms with Crippen LogP contribution in [0.1, 0.15) is 393 Å². The molecule has 0 heterocycles. The van der Waals surface area contributed by atoms with Crippen molar-refractivity contribution in [3.63, 3.8) is 0 Å². The number of amides is 1. The minimum atomic E-state index is -0.663. The average Bonchev–Trinajstić information content (AvgIpc) is 3.41. The molecule has 6 nitrogen and oxygen atoms in total. The molecule has 3 N–H and O–H groups in total. The van der Waals surface area contributed by atoms with Gasteiger partial charge in [0.15, 0.2) is 0 Å². The molecule has 0 fully saturated rings. The zero-order valence-corrected chi connectivity index (χ0v) is 51.1. The Labute approximate surface area is 469 Å². The van der Waals surface area contributed by atoms with Gasteiger partial charge in [-0.25, -0.2) is 0 Å². The van der Waals surface area contributed by atoms with E-state index < -0.39 is 12.1 Å². The molecule has 446 valence electrons. The summed E-state index contributed by atoms with van der Waals surface area (Å²) in [5.74, 6) is -0.0158. The minimum absolute atomic E-state index is 0.0151. The predicted octanol–water partition coefficient (Wildman–Crippen LogP) is 22.0. The number of nitrogens with one attached hydrogen (secondary N) is 1. The Hall–Kier alpha value is -1.40. The Kier molecular flexibility index (Phi) is 63.9. The van der Waals surface area contributed by atoms with Crippen LogP contribution in [0, 0.1) is 0 Å². The van der Waals surface area contributed by atoms with Gasteiger partial charge in [0.25, 0.3) is 0 Å². The fraction of sp³-hybridized carbons (Fsp3) is 0.942. The van der Waals surface area contributed by atoms with Gasteiger partial charge in [-0.2, -0.15) is 0 Å². The van der Waals surface area contributed by atoms with Crippen LogP contribution in [-0.2, 0) is 14.3 Å². The lowest BCUT2D eigenvalue weighted by Crippen LogP contribution is -2.45. The smallest absolute Gasteiger partial charge is 0.305 e. The van der Waals surface area contributed by atoms with Gasteiger partial charge in [-0.05, 0) is 51.4 Å². The lowest BCUT2D eigenvalue weighted by Gasteiger charge is -2.22. The van der Waals surface area contributed by atoms with E-state index in [2.05, 4.69) is 31.3 Å². The standard InChI is InChI=1S/C69H135NO5/c1-3-5-7-9-11-13-15-17-19-21-27-31-35-39-43-47-51-55-59-63-69(74)75-64-60-56-52-48-44-40-36-32-29-26-24-22-23-25-28-30-34-38-42-46-50-54-58-62-68(73)70-66(65-71)67(72)61-57-53-49-45-41-37-33-20-18-16-14-12-10-8-6-4-2/h17,19,66-67,71-72H,3-16,18,20-65H2,1-2H3,(H,70,73)/b19-17-. The zero-order chi connectivity index (χ0) is 54.3. The van der Waals surface area contributed by atoms with Crippen molar-refractivity contribution in [1.29, 1.82) is 0 Å². The summed E-state index contributed by atoms with van der Waals surface area (Å²) in [5.41, 5.74) is 0. The van der Waals surface area contributed by atoms with Crippen LogP contribution in [0.25, 0.3) is 0 Å². The van der Waals surface area contributed by atoms with Gasteiger partial charge < -0.3 is 20.3 Å². The van der Waals surface area contributed by atoms with Gasteiger partial charge >= 0.3 is 5.97 Å². The normalized spacial score (nSPS) is 12.5. The molecule has 1 amide bonds. The number of carbonyl (C=O) groups is 2. The topological polar surface area (TPSA) is 95.9 Å². The monoisotopic (exact) mass is 1060 g/mol. The second-order valence-electron chi connectivity index (χ2n) is 23.9.